The first-order chi connectivity index (χ1) is 14.0. The van der Waals surface area contributed by atoms with E-state index < -0.39 is 29.9 Å². The maximum Gasteiger partial charge on any atom is 0.341 e. The van der Waals surface area contributed by atoms with Crippen molar-refractivity contribution in [3.05, 3.63) is 71.8 Å². The van der Waals surface area contributed by atoms with Crippen LogP contribution in [0.5, 0.6) is 0 Å². The highest BCUT2D eigenvalue weighted by atomic mass is 16.6. The molecular weight excluding hydrogens is 372 g/mol. The summed E-state index contributed by atoms with van der Waals surface area (Å²) in [5, 5.41) is 0. The number of benzene rings is 2. The van der Waals surface area contributed by atoms with Gasteiger partial charge in [-0.15, -0.1) is 0 Å². The summed E-state index contributed by atoms with van der Waals surface area (Å²) in [7, 11) is 1.16. The van der Waals surface area contributed by atoms with Crippen LogP contribution in [0.1, 0.15) is 24.5 Å². The van der Waals surface area contributed by atoms with Crippen molar-refractivity contribution in [2.24, 2.45) is 5.73 Å². The van der Waals surface area contributed by atoms with Gasteiger partial charge in [0.1, 0.15) is 6.61 Å². The highest BCUT2D eigenvalue weighted by molar-refractivity contribution is 6.03. The predicted molar refractivity (Wildman–Crippen MR) is 107 cm³/mol. The van der Waals surface area contributed by atoms with Gasteiger partial charge in [-0.2, -0.15) is 0 Å². The van der Waals surface area contributed by atoms with Crippen molar-refractivity contribution in [1.82, 2.24) is 4.90 Å². The molecule has 154 valence electrons. The zero-order valence-electron chi connectivity index (χ0n) is 16.6. The standard InChI is InChI=1S/C22H26N2O5/c1-3-18(23)20(25)24(14-16-10-6-4-7-11-16)19(21(26)28-2)22(27)29-15-17-12-8-5-9-13-17/h4-13,18-19H,3,14-15,23H2,1-2H3/t18-,19?/m1/s1. The third kappa shape index (κ3) is 6.15. The maximum absolute atomic E-state index is 12.9. The monoisotopic (exact) mass is 398 g/mol. The molecule has 0 saturated carbocycles. The molecule has 0 spiro atoms. The van der Waals surface area contributed by atoms with Gasteiger partial charge in [0, 0.05) is 6.54 Å². The molecule has 0 saturated heterocycles. The number of nitrogens with zero attached hydrogens (tertiary/aromatic N) is 1. The second-order valence-electron chi connectivity index (χ2n) is 6.49. The Morgan fingerprint density at radius 3 is 2.00 bits per heavy atom. The third-order valence-corrected chi connectivity index (χ3v) is 4.42. The highest BCUT2D eigenvalue weighted by Gasteiger charge is 2.39. The molecule has 0 bridgehead atoms. The van der Waals surface area contributed by atoms with Crippen molar-refractivity contribution < 1.29 is 23.9 Å². The lowest BCUT2D eigenvalue weighted by Crippen LogP contribution is -2.54. The van der Waals surface area contributed by atoms with Gasteiger partial charge in [-0.25, -0.2) is 9.59 Å². The third-order valence-electron chi connectivity index (χ3n) is 4.42. The number of methoxy groups -OCH3 is 1. The number of carbonyl (C=O) groups excluding carboxylic acids is 3. The second-order valence-corrected chi connectivity index (χ2v) is 6.49. The number of nitrogens with two attached hydrogens (primary N) is 1. The Hall–Kier alpha value is -3.19. The van der Waals surface area contributed by atoms with E-state index in [2.05, 4.69) is 0 Å². The van der Waals surface area contributed by atoms with Crippen LogP contribution in [0.15, 0.2) is 60.7 Å². The van der Waals surface area contributed by atoms with Crippen LogP contribution in [0.3, 0.4) is 0 Å². The van der Waals surface area contributed by atoms with Gasteiger partial charge in [-0.1, -0.05) is 67.6 Å². The van der Waals surface area contributed by atoms with Gasteiger partial charge >= 0.3 is 11.9 Å². The van der Waals surface area contributed by atoms with E-state index >= 15 is 0 Å². The summed E-state index contributed by atoms with van der Waals surface area (Å²) in [6.45, 7) is 1.75. The van der Waals surface area contributed by atoms with Gasteiger partial charge in [-0.3, -0.25) is 4.79 Å². The lowest BCUT2D eigenvalue weighted by atomic mass is 10.1. The summed E-state index contributed by atoms with van der Waals surface area (Å²) in [6.07, 6.45) is 0.358. The number of esters is 2. The quantitative estimate of drug-likeness (QED) is 0.513. The van der Waals surface area contributed by atoms with Gasteiger partial charge in [0.05, 0.1) is 13.2 Å². The van der Waals surface area contributed by atoms with Crippen molar-refractivity contribution in [3.8, 4) is 0 Å². The Morgan fingerprint density at radius 2 is 1.48 bits per heavy atom. The molecule has 7 heteroatoms. The first-order valence-electron chi connectivity index (χ1n) is 9.36. The van der Waals surface area contributed by atoms with E-state index in [1.165, 1.54) is 0 Å². The minimum atomic E-state index is -1.55. The fraction of sp³-hybridized carbons (Fsp3) is 0.318. The van der Waals surface area contributed by atoms with E-state index in [0.29, 0.717) is 6.42 Å². The van der Waals surface area contributed by atoms with Crippen molar-refractivity contribution in [3.63, 3.8) is 0 Å². The molecule has 29 heavy (non-hydrogen) atoms. The molecule has 0 heterocycles. The van der Waals surface area contributed by atoms with Crippen LogP contribution in [0, 0.1) is 0 Å². The number of ether oxygens (including phenoxy) is 2. The van der Waals surface area contributed by atoms with E-state index in [0.717, 1.165) is 23.1 Å². The van der Waals surface area contributed by atoms with Crippen LogP contribution in [-0.2, 0) is 37.0 Å². The molecule has 7 nitrogen and oxygen atoms in total. The molecule has 2 N–H and O–H groups in total. The SMILES string of the molecule is CC[C@@H](N)C(=O)N(Cc1ccccc1)C(C(=O)OC)C(=O)OCc1ccccc1. The summed E-state index contributed by atoms with van der Waals surface area (Å²) in [5.41, 5.74) is 7.42. The van der Waals surface area contributed by atoms with Crippen LogP contribution in [-0.4, -0.2) is 41.9 Å². The first kappa shape index (κ1) is 22.1. The average Bonchev–Trinajstić information content (AvgIpc) is 2.77. The van der Waals surface area contributed by atoms with Crippen molar-refractivity contribution in [2.45, 2.75) is 38.6 Å². The number of rotatable bonds is 9. The van der Waals surface area contributed by atoms with Crippen LogP contribution in [0.2, 0.25) is 0 Å². The predicted octanol–water partition coefficient (Wildman–Crippen LogP) is 2.04. The second kappa shape index (κ2) is 11.0. The fourth-order valence-electron chi connectivity index (χ4n) is 2.73. The van der Waals surface area contributed by atoms with E-state index in [1.807, 2.05) is 24.3 Å². The van der Waals surface area contributed by atoms with Gasteiger partial charge in [0.25, 0.3) is 0 Å². The Morgan fingerprint density at radius 1 is 0.931 bits per heavy atom. The Kier molecular flexibility index (Phi) is 8.36. The van der Waals surface area contributed by atoms with Crippen molar-refractivity contribution >= 4 is 17.8 Å². The number of hydrogen-bond donors (Lipinski definition) is 1. The zero-order chi connectivity index (χ0) is 21.2. The molecule has 0 aliphatic rings. The summed E-state index contributed by atoms with van der Waals surface area (Å²) in [6, 6.07) is 15.7. The molecular formula is C22H26N2O5. The largest absolute Gasteiger partial charge is 0.467 e. The normalized spacial score (nSPS) is 12.5. The van der Waals surface area contributed by atoms with Gasteiger partial charge in [-0.05, 0) is 17.5 Å². The molecule has 0 fully saturated rings. The van der Waals surface area contributed by atoms with E-state index in [-0.39, 0.29) is 13.2 Å². The molecule has 2 aromatic carbocycles. The lowest BCUT2D eigenvalue weighted by molar-refractivity contribution is -0.168. The smallest absolute Gasteiger partial charge is 0.341 e. The molecule has 2 aromatic rings. The van der Waals surface area contributed by atoms with Gasteiger partial charge < -0.3 is 20.1 Å². The van der Waals surface area contributed by atoms with Gasteiger partial charge in [0.15, 0.2) is 0 Å². The fourth-order valence-corrected chi connectivity index (χ4v) is 2.73. The average molecular weight is 398 g/mol. The minimum Gasteiger partial charge on any atom is -0.467 e. The van der Waals surface area contributed by atoms with E-state index in [9.17, 15) is 14.4 Å². The Bertz CT molecular complexity index is 810. The number of carbonyl (C=O) groups is 3. The summed E-state index contributed by atoms with van der Waals surface area (Å²) >= 11 is 0. The first-order valence-corrected chi connectivity index (χ1v) is 9.36. The van der Waals surface area contributed by atoms with Crippen LogP contribution in [0.4, 0.5) is 0 Å². The minimum absolute atomic E-state index is 0.0214. The Labute approximate surface area is 170 Å². The number of hydrogen-bond acceptors (Lipinski definition) is 6. The number of amides is 1. The topological polar surface area (TPSA) is 98.9 Å². The summed E-state index contributed by atoms with van der Waals surface area (Å²) < 4.78 is 10.1. The van der Waals surface area contributed by atoms with Crippen LogP contribution in [0.25, 0.3) is 0 Å². The van der Waals surface area contributed by atoms with Crippen molar-refractivity contribution in [1.29, 1.82) is 0 Å². The molecule has 1 amide bonds. The molecule has 1 unspecified atom stereocenters. The summed E-state index contributed by atoms with van der Waals surface area (Å²) in [5.74, 6) is -2.27. The molecule has 0 aliphatic heterocycles. The lowest BCUT2D eigenvalue weighted by Gasteiger charge is -2.30. The molecule has 2 atom stereocenters. The molecule has 0 aromatic heterocycles. The van der Waals surface area contributed by atoms with Gasteiger partial charge in [0.2, 0.25) is 11.9 Å². The van der Waals surface area contributed by atoms with E-state index in [1.54, 1.807) is 43.3 Å². The van der Waals surface area contributed by atoms with Crippen LogP contribution >= 0.6 is 0 Å². The van der Waals surface area contributed by atoms with E-state index in [4.69, 9.17) is 15.2 Å². The molecule has 0 radical (unpaired) electrons. The molecule has 2 rings (SSSR count). The van der Waals surface area contributed by atoms with Crippen LogP contribution < -0.4 is 5.73 Å². The van der Waals surface area contributed by atoms with Crippen molar-refractivity contribution in [2.75, 3.05) is 7.11 Å². The molecule has 0 aliphatic carbocycles. The highest BCUT2D eigenvalue weighted by Crippen LogP contribution is 2.15. The Balaban J connectivity index is 2.29. The zero-order valence-corrected chi connectivity index (χ0v) is 16.6. The maximum atomic E-state index is 12.9. The summed E-state index contributed by atoms with van der Waals surface area (Å²) in [4.78, 5) is 39.3.